The van der Waals surface area contributed by atoms with Crippen LogP contribution in [-0.2, 0) is 24.2 Å². The highest BCUT2D eigenvalue weighted by molar-refractivity contribution is 7.17. The second-order valence-electron chi connectivity index (χ2n) is 6.31. The number of nitrogens with zero attached hydrogens (tertiary/aromatic N) is 2. The van der Waals surface area contributed by atoms with Gasteiger partial charge in [-0.1, -0.05) is 11.6 Å². The Kier molecular flexibility index (Phi) is 4.45. The molecule has 0 saturated heterocycles. The van der Waals surface area contributed by atoms with Crippen molar-refractivity contribution in [1.29, 1.82) is 0 Å². The van der Waals surface area contributed by atoms with Gasteiger partial charge in [0.25, 0.3) is 11.5 Å². The molecule has 3 aromatic rings. The molecule has 0 aliphatic heterocycles. The van der Waals surface area contributed by atoms with Gasteiger partial charge in [0.1, 0.15) is 11.5 Å². The molecule has 1 aliphatic rings. The van der Waals surface area contributed by atoms with Crippen LogP contribution in [0.2, 0.25) is 5.02 Å². The maximum Gasteiger partial charge on any atom is 0.261 e. The van der Waals surface area contributed by atoms with Crippen molar-refractivity contribution >= 4 is 50.7 Å². The molecule has 3 N–H and O–H groups in total. The highest BCUT2D eigenvalue weighted by Crippen LogP contribution is 2.38. The van der Waals surface area contributed by atoms with Crippen LogP contribution >= 0.6 is 22.9 Å². The van der Waals surface area contributed by atoms with Gasteiger partial charge >= 0.3 is 0 Å². The van der Waals surface area contributed by atoms with Gasteiger partial charge in [0.05, 0.1) is 22.8 Å². The van der Waals surface area contributed by atoms with E-state index in [9.17, 15) is 14.4 Å². The van der Waals surface area contributed by atoms with E-state index < -0.39 is 11.8 Å². The fraction of sp³-hybridized carbons (Fsp3) is 0.222. The molecule has 27 heavy (non-hydrogen) atoms. The first kappa shape index (κ1) is 17.7. The van der Waals surface area contributed by atoms with Gasteiger partial charge in [0.2, 0.25) is 5.91 Å². The van der Waals surface area contributed by atoms with E-state index >= 15 is 0 Å². The molecule has 4 rings (SSSR count). The van der Waals surface area contributed by atoms with Crippen LogP contribution in [0.5, 0.6) is 0 Å². The van der Waals surface area contributed by atoms with Crippen molar-refractivity contribution in [2.75, 3.05) is 5.32 Å². The Hall–Kier alpha value is -2.71. The number of hydrogen-bond acceptors (Lipinski definition) is 5. The number of carbonyl (C=O) groups is 2. The van der Waals surface area contributed by atoms with Crippen molar-refractivity contribution in [2.45, 2.75) is 25.8 Å². The van der Waals surface area contributed by atoms with Crippen molar-refractivity contribution < 1.29 is 9.59 Å². The molecule has 0 saturated carbocycles. The molecule has 2 heterocycles. The maximum absolute atomic E-state index is 12.6. The molecule has 1 aliphatic carbocycles. The number of rotatable bonds is 4. The Labute approximate surface area is 162 Å². The normalized spacial score (nSPS) is 12.9. The number of hydrogen-bond donors (Lipinski definition) is 2. The Morgan fingerprint density at radius 3 is 2.93 bits per heavy atom. The van der Waals surface area contributed by atoms with E-state index in [0.717, 1.165) is 29.7 Å². The molecule has 138 valence electrons. The van der Waals surface area contributed by atoms with Crippen molar-refractivity contribution in [3.05, 3.63) is 55.9 Å². The van der Waals surface area contributed by atoms with Gasteiger partial charge < -0.3 is 11.1 Å². The topological polar surface area (TPSA) is 107 Å². The second-order valence-corrected chi connectivity index (χ2v) is 7.85. The minimum atomic E-state index is -0.552. The number of nitrogens with two attached hydrogens (primary N) is 1. The Morgan fingerprint density at radius 2 is 2.15 bits per heavy atom. The lowest BCUT2D eigenvalue weighted by Gasteiger charge is -2.08. The number of fused-ring (bicyclic) bond motifs is 2. The third-order valence-electron chi connectivity index (χ3n) is 4.52. The Balaban J connectivity index is 1.61. The number of nitrogens with one attached hydrogen (secondary N) is 1. The van der Waals surface area contributed by atoms with Crippen molar-refractivity contribution in [3.8, 4) is 0 Å². The van der Waals surface area contributed by atoms with Gasteiger partial charge in [0, 0.05) is 9.90 Å². The third kappa shape index (κ3) is 3.22. The number of primary amides is 1. The summed E-state index contributed by atoms with van der Waals surface area (Å²) in [5.74, 6) is -0.980. The molecule has 2 amide bonds. The largest absolute Gasteiger partial charge is 0.365 e. The van der Waals surface area contributed by atoms with E-state index in [2.05, 4.69) is 10.3 Å². The summed E-state index contributed by atoms with van der Waals surface area (Å²) in [6, 6.07) is 4.82. The molecule has 2 aromatic heterocycles. The zero-order chi connectivity index (χ0) is 19.1. The van der Waals surface area contributed by atoms with Gasteiger partial charge in [-0.2, -0.15) is 0 Å². The minimum absolute atomic E-state index is 0.227. The van der Waals surface area contributed by atoms with E-state index in [-0.39, 0.29) is 12.1 Å². The maximum atomic E-state index is 12.6. The van der Waals surface area contributed by atoms with Gasteiger partial charge in [-0.25, -0.2) is 4.98 Å². The molecule has 0 atom stereocenters. The second kappa shape index (κ2) is 6.79. The first-order valence-electron chi connectivity index (χ1n) is 8.33. The number of amides is 2. The predicted molar refractivity (Wildman–Crippen MR) is 105 cm³/mol. The zero-order valence-electron chi connectivity index (χ0n) is 14.1. The van der Waals surface area contributed by atoms with Crippen molar-refractivity contribution in [2.24, 2.45) is 5.73 Å². The van der Waals surface area contributed by atoms with Crippen LogP contribution < -0.4 is 16.6 Å². The summed E-state index contributed by atoms with van der Waals surface area (Å²) in [4.78, 5) is 42.1. The molecular weight excluding hydrogens is 388 g/mol. The smallest absolute Gasteiger partial charge is 0.261 e. The van der Waals surface area contributed by atoms with Gasteiger partial charge in [-0.15, -0.1) is 11.3 Å². The average molecular weight is 403 g/mol. The van der Waals surface area contributed by atoms with Crippen LogP contribution in [0.1, 0.15) is 27.2 Å². The molecule has 7 nitrogen and oxygen atoms in total. The standard InChI is InChI=1S/C18H15ClN4O3S/c19-9-4-5-12-11(6-9)18(26)23(8-21-12)7-14(24)22-17-15(16(20)25)10-2-1-3-13(10)27-17/h4-6,8H,1-3,7H2,(H2,20,25)(H,22,24). The fourth-order valence-corrected chi connectivity index (χ4v) is 4.80. The number of halogens is 1. The Morgan fingerprint density at radius 1 is 1.33 bits per heavy atom. The molecular formula is C18H15ClN4O3S. The van der Waals surface area contributed by atoms with Gasteiger partial charge in [-0.3, -0.25) is 19.0 Å². The van der Waals surface area contributed by atoms with Gasteiger partial charge in [-0.05, 0) is 43.0 Å². The lowest BCUT2D eigenvalue weighted by atomic mass is 10.1. The van der Waals surface area contributed by atoms with Crippen molar-refractivity contribution in [3.63, 3.8) is 0 Å². The number of anilines is 1. The van der Waals surface area contributed by atoms with Crippen LogP contribution in [0.15, 0.2) is 29.3 Å². The molecule has 0 fully saturated rings. The summed E-state index contributed by atoms with van der Waals surface area (Å²) in [5, 5.41) is 3.93. The van der Waals surface area contributed by atoms with Crippen LogP contribution in [-0.4, -0.2) is 21.4 Å². The fourth-order valence-electron chi connectivity index (χ4n) is 3.32. The summed E-state index contributed by atoms with van der Waals surface area (Å²) in [6.45, 7) is -0.227. The molecule has 0 bridgehead atoms. The molecule has 0 spiro atoms. The number of aromatic nitrogens is 2. The summed E-state index contributed by atoms with van der Waals surface area (Å²) >= 11 is 7.31. The molecule has 9 heteroatoms. The zero-order valence-corrected chi connectivity index (χ0v) is 15.7. The highest BCUT2D eigenvalue weighted by Gasteiger charge is 2.26. The molecule has 0 radical (unpaired) electrons. The average Bonchev–Trinajstić information content (AvgIpc) is 3.18. The monoisotopic (exact) mass is 402 g/mol. The number of benzene rings is 1. The van der Waals surface area contributed by atoms with Crippen molar-refractivity contribution in [1.82, 2.24) is 9.55 Å². The third-order valence-corrected chi connectivity index (χ3v) is 5.96. The predicted octanol–water partition coefficient (Wildman–Crippen LogP) is 2.34. The molecule has 1 aromatic carbocycles. The Bertz CT molecular complexity index is 1150. The minimum Gasteiger partial charge on any atom is -0.365 e. The van der Waals surface area contributed by atoms with Crippen LogP contribution in [0.25, 0.3) is 10.9 Å². The lowest BCUT2D eigenvalue weighted by Crippen LogP contribution is -2.28. The van der Waals surface area contributed by atoms with E-state index in [1.54, 1.807) is 12.1 Å². The number of carbonyl (C=O) groups excluding carboxylic acids is 2. The summed E-state index contributed by atoms with van der Waals surface area (Å²) in [7, 11) is 0. The summed E-state index contributed by atoms with van der Waals surface area (Å²) in [6.07, 6.45) is 3.97. The first-order chi connectivity index (χ1) is 12.9. The van der Waals surface area contributed by atoms with E-state index in [1.165, 1.54) is 28.3 Å². The number of thiophene rings is 1. The quantitative estimate of drug-likeness (QED) is 0.698. The lowest BCUT2D eigenvalue weighted by molar-refractivity contribution is -0.116. The summed E-state index contributed by atoms with van der Waals surface area (Å²) < 4.78 is 1.21. The van der Waals surface area contributed by atoms with Crippen LogP contribution in [0, 0.1) is 0 Å². The van der Waals surface area contributed by atoms with E-state index in [4.69, 9.17) is 17.3 Å². The van der Waals surface area contributed by atoms with E-state index in [1.807, 2.05) is 0 Å². The first-order valence-corrected chi connectivity index (χ1v) is 9.52. The highest BCUT2D eigenvalue weighted by atomic mass is 35.5. The van der Waals surface area contributed by atoms with Crippen LogP contribution in [0.4, 0.5) is 5.00 Å². The summed E-state index contributed by atoms with van der Waals surface area (Å²) in [5.41, 5.74) is 6.96. The van der Waals surface area contributed by atoms with Gasteiger partial charge in [0.15, 0.2) is 0 Å². The number of aryl methyl sites for hydroxylation is 1. The molecule has 0 unspecified atom stereocenters. The van der Waals surface area contributed by atoms with E-state index in [0.29, 0.717) is 26.5 Å². The van der Waals surface area contributed by atoms with Crippen LogP contribution in [0.3, 0.4) is 0 Å². The SMILES string of the molecule is NC(=O)c1c(NC(=O)Cn2cnc3ccc(Cl)cc3c2=O)sc2c1CCC2.